The van der Waals surface area contributed by atoms with E-state index < -0.39 is 0 Å². The van der Waals surface area contributed by atoms with E-state index in [1.807, 2.05) is 41.9 Å². The number of aryl methyl sites for hydroxylation is 1. The third-order valence-corrected chi connectivity index (χ3v) is 5.34. The number of pyridine rings is 1. The fraction of sp³-hybridized carbons (Fsp3) is 0.217. The first-order valence-corrected chi connectivity index (χ1v) is 9.56. The van der Waals surface area contributed by atoms with Gasteiger partial charge in [-0.25, -0.2) is 4.79 Å². The number of fused-ring (bicyclic) bond motifs is 1. The van der Waals surface area contributed by atoms with Crippen LogP contribution in [0.4, 0.5) is 0 Å². The number of benzene rings is 2. The lowest BCUT2D eigenvalue weighted by molar-refractivity contribution is 0.482. The molecule has 0 N–H and O–H groups in total. The quantitative estimate of drug-likeness (QED) is 0.515. The van der Waals surface area contributed by atoms with Crippen LogP contribution in [0.1, 0.15) is 12.8 Å². The highest BCUT2D eigenvalue weighted by Gasteiger charge is 2.24. The summed E-state index contributed by atoms with van der Waals surface area (Å²) in [5, 5.41) is 0. The van der Waals surface area contributed by atoms with Crippen molar-refractivity contribution in [2.75, 3.05) is 0 Å². The molecular formula is C23H21N3O2. The number of hydrogen-bond acceptors (Lipinski definition) is 3. The van der Waals surface area contributed by atoms with Crippen molar-refractivity contribution in [2.45, 2.75) is 19.4 Å². The third kappa shape index (κ3) is 3.09. The van der Waals surface area contributed by atoms with Crippen LogP contribution in [0.2, 0.25) is 0 Å². The van der Waals surface area contributed by atoms with Gasteiger partial charge in [0.1, 0.15) is 11.5 Å². The van der Waals surface area contributed by atoms with Crippen molar-refractivity contribution in [3.63, 3.8) is 0 Å². The van der Waals surface area contributed by atoms with Crippen LogP contribution < -0.4 is 10.4 Å². The van der Waals surface area contributed by atoms with Gasteiger partial charge in [-0.15, -0.1) is 0 Å². The van der Waals surface area contributed by atoms with E-state index in [4.69, 9.17) is 4.74 Å². The van der Waals surface area contributed by atoms with Crippen molar-refractivity contribution in [3.8, 4) is 22.6 Å². The molecule has 0 bridgehead atoms. The topological polar surface area (TPSA) is 49.0 Å². The number of rotatable bonds is 5. The third-order valence-electron chi connectivity index (χ3n) is 5.34. The van der Waals surface area contributed by atoms with Gasteiger partial charge in [-0.05, 0) is 66.3 Å². The Morgan fingerprint density at radius 2 is 1.75 bits per heavy atom. The monoisotopic (exact) mass is 371 g/mol. The molecule has 1 fully saturated rings. The van der Waals surface area contributed by atoms with E-state index >= 15 is 0 Å². The van der Waals surface area contributed by atoms with Gasteiger partial charge in [-0.3, -0.25) is 14.1 Å². The predicted molar refractivity (Wildman–Crippen MR) is 110 cm³/mol. The zero-order chi connectivity index (χ0) is 19.1. The van der Waals surface area contributed by atoms with Gasteiger partial charge in [0.2, 0.25) is 0 Å². The van der Waals surface area contributed by atoms with Crippen molar-refractivity contribution >= 4 is 11.0 Å². The van der Waals surface area contributed by atoms with E-state index in [0.717, 1.165) is 40.2 Å². The molecule has 2 aromatic heterocycles. The van der Waals surface area contributed by atoms with Gasteiger partial charge in [0.15, 0.2) is 0 Å². The summed E-state index contributed by atoms with van der Waals surface area (Å²) in [6.45, 7) is 0.824. The Balaban J connectivity index is 1.52. The fourth-order valence-electron chi connectivity index (χ4n) is 3.60. The molecular weight excluding hydrogens is 350 g/mol. The number of nitrogens with zero attached hydrogens (tertiary/aromatic N) is 3. The highest BCUT2D eigenvalue weighted by molar-refractivity contribution is 5.83. The van der Waals surface area contributed by atoms with Gasteiger partial charge in [-0.2, -0.15) is 0 Å². The Labute approximate surface area is 162 Å². The standard InChI is InChI=1S/C23H21N3O2/c1-25-22-14-18(7-8-21(22)26(23(25)27)15-16-5-6-16)17-3-2-4-20(13-17)28-19-9-11-24-12-10-19/h2-4,7-14,16H,5-6,15H2,1H3. The first-order valence-electron chi connectivity index (χ1n) is 9.56. The molecule has 0 atom stereocenters. The number of hydrogen-bond donors (Lipinski definition) is 0. The van der Waals surface area contributed by atoms with Gasteiger partial charge >= 0.3 is 5.69 Å². The SMILES string of the molecule is Cn1c(=O)n(CC2CC2)c2ccc(-c3cccc(Oc4ccncc4)c3)cc21. The Kier molecular flexibility index (Phi) is 4.01. The van der Waals surface area contributed by atoms with Crippen LogP contribution >= 0.6 is 0 Å². The molecule has 5 rings (SSSR count). The maximum absolute atomic E-state index is 12.7. The minimum absolute atomic E-state index is 0.0637. The normalized spacial score (nSPS) is 13.8. The van der Waals surface area contributed by atoms with Crippen molar-refractivity contribution in [1.29, 1.82) is 0 Å². The maximum atomic E-state index is 12.7. The lowest BCUT2D eigenvalue weighted by atomic mass is 10.0. The molecule has 5 heteroatoms. The van der Waals surface area contributed by atoms with E-state index in [1.165, 1.54) is 12.8 Å². The minimum Gasteiger partial charge on any atom is -0.457 e. The van der Waals surface area contributed by atoms with Crippen molar-refractivity contribution in [2.24, 2.45) is 13.0 Å². The summed E-state index contributed by atoms with van der Waals surface area (Å²) in [4.78, 5) is 16.7. The second kappa shape index (κ2) is 6.68. The number of imidazole rings is 1. The van der Waals surface area contributed by atoms with Crippen molar-refractivity contribution in [3.05, 3.63) is 77.5 Å². The zero-order valence-electron chi connectivity index (χ0n) is 15.7. The van der Waals surface area contributed by atoms with Gasteiger partial charge in [-0.1, -0.05) is 18.2 Å². The van der Waals surface area contributed by atoms with Crippen LogP contribution in [0.5, 0.6) is 11.5 Å². The molecule has 0 radical (unpaired) electrons. The summed E-state index contributed by atoms with van der Waals surface area (Å²) in [7, 11) is 1.85. The van der Waals surface area contributed by atoms with Crippen molar-refractivity contribution < 1.29 is 4.74 Å². The summed E-state index contributed by atoms with van der Waals surface area (Å²) < 4.78 is 9.59. The fourth-order valence-corrected chi connectivity index (χ4v) is 3.60. The molecule has 1 saturated carbocycles. The van der Waals surface area contributed by atoms with E-state index in [9.17, 15) is 4.79 Å². The summed E-state index contributed by atoms with van der Waals surface area (Å²) in [6, 6.07) is 17.9. The second-order valence-electron chi connectivity index (χ2n) is 7.41. The van der Waals surface area contributed by atoms with Crippen LogP contribution in [0.15, 0.2) is 71.8 Å². The summed E-state index contributed by atoms with van der Waals surface area (Å²) in [6.07, 6.45) is 5.87. The van der Waals surface area contributed by atoms with E-state index in [1.54, 1.807) is 17.0 Å². The van der Waals surface area contributed by atoms with Crippen molar-refractivity contribution in [1.82, 2.24) is 14.1 Å². The van der Waals surface area contributed by atoms with Gasteiger partial charge < -0.3 is 4.74 Å². The van der Waals surface area contributed by atoms with E-state index in [-0.39, 0.29) is 5.69 Å². The molecule has 1 aliphatic carbocycles. The molecule has 0 saturated heterocycles. The molecule has 2 heterocycles. The molecule has 2 aromatic carbocycles. The zero-order valence-corrected chi connectivity index (χ0v) is 15.7. The average molecular weight is 371 g/mol. The van der Waals surface area contributed by atoms with E-state index in [2.05, 4.69) is 29.2 Å². The first-order chi connectivity index (χ1) is 13.7. The van der Waals surface area contributed by atoms with Crippen LogP contribution in [-0.4, -0.2) is 14.1 Å². The molecule has 1 aliphatic rings. The summed E-state index contributed by atoms with van der Waals surface area (Å²) in [5.74, 6) is 2.18. The smallest absolute Gasteiger partial charge is 0.328 e. The van der Waals surface area contributed by atoms with Gasteiger partial charge in [0, 0.05) is 26.0 Å². The summed E-state index contributed by atoms with van der Waals surface area (Å²) in [5.41, 5.74) is 4.15. The molecule has 28 heavy (non-hydrogen) atoms. The molecule has 4 aromatic rings. The number of ether oxygens (including phenoxy) is 1. The maximum Gasteiger partial charge on any atom is 0.328 e. The van der Waals surface area contributed by atoms with Crippen LogP contribution in [-0.2, 0) is 13.6 Å². The first kappa shape index (κ1) is 16.8. The minimum atomic E-state index is 0.0637. The van der Waals surface area contributed by atoms with E-state index in [0.29, 0.717) is 5.92 Å². The molecule has 140 valence electrons. The predicted octanol–water partition coefficient (Wildman–Crippen LogP) is 4.60. The Hall–Kier alpha value is -3.34. The largest absolute Gasteiger partial charge is 0.457 e. The lowest BCUT2D eigenvalue weighted by Gasteiger charge is -2.08. The Morgan fingerprint density at radius 1 is 0.964 bits per heavy atom. The van der Waals surface area contributed by atoms with Crippen LogP contribution in [0.3, 0.4) is 0 Å². The molecule has 0 unspecified atom stereocenters. The van der Waals surface area contributed by atoms with Gasteiger partial charge in [0.25, 0.3) is 0 Å². The summed E-state index contributed by atoms with van der Waals surface area (Å²) >= 11 is 0. The average Bonchev–Trinajstić information content (AvgIpc) is 3.52. The van der Waals surface area contributed by atoms with Crippen LogP contribution in [0.25, 0.3) is 22.2 Å². The lowest BCUT2D eigenvalue weighted by Crippen LogP contribution is -2.22. The molecule has 5 nitrogen and oxygen atoms in total. The molecule has 0 spiro atoms. The van der Waals surface area contributed by atoms with Gasteiger partial charge in [0.05, 0.1) is 11.0 Å². The second-order valence-corrected chi connectivity index (χ2v) is 7.41. The Morgan fingerprint density at radius 3 is 2.54 bits per heavy atom. The van der Waals surface area contributed by atoms with Crippen LogP contribution in [0, 0.1) is 5.92 Å². The highest BCUT2D eigenvalue weighted by Crippen LogP contribution is 2.32. The number of aromatic nitrogens is 3. The highest BCUT2D eigenvalue weighted by atomic mass is 16.5. The molecule has 0 amide bonds. The Bertz CT molecular complexity index is 1200. The molecule has 0 aliphatic heterocycles.